The standard InChI is InChI=1S/C12H15NOS2/c13-12-10(7-3-1-2-4-7)11-8(14)5-15-6-9(11)16-12/h7H,1-6,13H2. The first kappa shape index (κ1) is 10.7. The molecule has 3 rings (SSSR count). The molecule has 2 aliphatic rings. The summed E-state index contributed by atoms with van der Waals surface area (Å²) in [6.07, 6.45) is 5.01. The second kappa shape index (κ2) is 4.08. The molecular formula is C12H15NOS2. The maximum atomic E-state index is 12.0. The summed E-state index contributed by atoms with van der Waals surface area (Å²) in [5.41, 5.74) is 8.34. The van der Waals surface area contributed by atoms with Gasteiger partial charge >= 0.3 is 0 Å². The van der Waals surface area contributed by atoms with Crippen molar-refractivity contribution in [1.29, 1.82) is 0 Å². The van der Waals surface area contributed by atoms with Crippen LogP contribution in [0.5, 0.6) is 0 Å². The zero-order valence-electron chi connectivity index (χ0n) is 9.12. The minimum atomic E-state index is 0.307. The van der Waals surface area contributed by atoms with Crippen molar-refractivity contribution in [2.45, 2.75) is 37.4 Å². The summed E-state index contributed by atoms with van der Waals surface area (Å²) < 4.78 is 0. The van der Waals surface area contributed by atoms with Crippen LogP contribution in [0.3, 0.4) is 0 Å². The highest BCUT2D eigenvalue weighted by Crippen LogP contribution is 2.46. The van der Waals surface area contributed by atoms with E-state index in [1.807, 2.05) is 0 Å². The summed E-state index contributed by atoms with van der Waals surface area (Å²) in [7, 11) is 0. The molecule has 0 amide bonds. The van der Waals surface area contributed by atoms with Crippen molar-refractivity contribution in [3.63, 3.8) is 0 Å². The molecule has 1 aliphatic carbocycles. The van der Waals surface area contributed by atoms with Crippen LogP contribution in [0.4, 0.5) is 5.00 Å². The number of hydrogen-bond acceptors (Lipinski definition) is 4. The number of Topliss-reactive ketones (excluding diaryl/α,β-unsaturated/α-hetero) is 1. The number of hydrogen-bond donors (Lipinski definition) is 1. The molecule has 2 N–H and O–H groups in total. The second-order valence-corrected chi connectivity index (χ2v) is 6.70. The lowest BCUT2D eigenvalue weighted by Gasteiger charge is -2.15. The lowest BCUT2D eigenvalue weighted by atomic mass is 9.93. The fourth-order valence-electron chi connectivity index (χ4n) is 2.85. The Morgan fingerprint density at radius 1 is 1.19 bits per heavy atom. The van der Waals surface area contributed by atoms with Gasteiger partial charge in [0.25, 0.3) is 0 Å². The number of nitrogens with two attached hydrogens (primary N) is 1. The Balaban J connectivity index is 2.09. The third kappa shape index (κ3) is 1.59. The predicted molar refractivity (Wildman–Crippen MR) is 70.4 cm³/mol. The first-order valence-corrected chi connectivity index (χ1v) is 7.76. The summed E-state index contributed by atoms with van der Waals surface area (Å²) in [4.78, 5) is 13.2. The van der Waals surface area contributed by atoms with Gasteiger partial charge < -0.3 is 5.73 Å². The average Bonchev–Trinajstić information content (AvgIpc) is 2.84. The SMILES string of the molecule is Nc1sc2c(c1C1CCCC1)C(=O)CSC2. The number of ketones is 1. The van der Waals surface area contributed by atoms with Gasteiger partial charge in [-0.05, 0) is 18.8 Å². The number of thioether (sulfide) groups is 1. The van der Waals surface area contributed by atoms with Gasteiger partial charge in [0.1, 0.15) is 0 Å². The zero-order chi connectivity index (χ0) is 11.1. The van der Waals surface area contributed by atoms with Crippen molar-refractivity contribution >= 4 is 33.9 Å². The molecule has 0 atom stereocenters. The van der Waals surface area contributed by atoms with Gasteiger partial charge in [0, 0.05) is 21.8 Å². The minimum Gasteiger partial charge on any atom is -0.390 e. The largest absolute Gasteiger partial charge is 0.390 e. The van der Waals surface area contributed by atoms with E-state index in [0.29, 0.717) is 17.5 Å². The molecule has 16 heavy (non-hydrogen) atoms. The third-order valence-corrected chi connectivity index (χ3v) is 5.73. The van der Waals surface area contributed by atoms with Gasteiger partial charge in [0.15, 0.2) is 5.78 Å². The highest BCUT2D eigenvalue weighted by atomic mass is 32.2. The lowest BCUT2D eigenvalue weighted by molar-refractivity contribution is 0.102. The first-order chi connectivity index (χ1) is 7.77. The summed E-state index contributed by atoms with van der Waals surface area (Å²) >= 11 is 3.36. The van der Waals surface area contributed by atoms with E-state index in [1.165, 1.54) is 36.1 Å². The van der Waals surface area contributed by atoms with E-state index in [4.69, 9.17) is 5.73 Å². The van der Waals surface area contributed by atoms with Crippen LogP contribution in [0, 0.1) is 0 Å². The molecule has 4 heteroatoms. The van der Waals surface area contributed by atoms with Gasteiger partial charge in [-0.3, -0.25) is 4.79 Å². The molecule has 86 valence electrons. The fraction of sp³-hybridized carbons (Fsp3) is 0.583. The van der Waals surface area contributed by atoms with Crippen LogP contribution in [-0.4, -0.2) is 11.5 Å². The Morgan fingerprint density at radius 3 is 2.69 bits per heavy atom. The number of rotatable bonds is 1. The minimum absolute atomic E-state index is 0.307. The van der Waals surface area contributed by atoms with E-state index in [9.17, 15) is 4.79 Å². The monoisotopic (exact) mass is 253 g/mol. The van der Waals surface area contributed by atoms with Crippen LogP contribution in [0.15, 0.2) is 0 Å². The molecule has 1 aromatic heterocycles. The third-order valence-electron chi connectivity index (χ3n) is 3.56. The van der Waals surface area contributed by atoms with Gasteiger partial charge in [0.05, 0.1) is 10.8 Å². The Labute approximate surface area is 104 Å². The van der Waals surface area contributed by atoms with E-state index in [-0.39, 0.29) is 0 Å². The Morgan fingerprint density at radius 2 is 1.94 bits per heavy atom. The number of fused-ring (bicyclic) bond motifs is 1. The smallest absolute Gasteiger partial charge is 0.174 e. The first-order valence-electron chi connectivity index (χ1n) is 5.79. The van der Waals surface area contributed by atoms with Gasteiger partial charge in [-0.1, -0.05) is 12.8 Å². The van der Waals surface area contributed by atoms with Crippen molar-refractivity contribution < 1.29 is 4.79 Å². The van der Waals surface area contributed by atoms with Crippen LogP contribution in [-0.2, 0) is 5.75 Å². The quantitative estimate of drug-likeness (QED) is 0.834. The lowest BCUT2D eigenvalue weighted by Crippen LogP contribution is -2.13. The van der Waals surface area contributed by atoms with Crippen LogP contribution < -0.4 is 5.73 Å². The summed E-state index contributed by atoms with van der Waals surface area (Å²) in [5, 5.41) is 0.910. The van der Waals surface area contributed by atoms with Gasteiger partial charge in [-0.25, -0.2) is 0 Å². The molecule has 0 unspecified atom stereocenters. The van der Waals surface area contributed by atoms with E-state index in [2.05, 4.69) is 0 Å². The fourth-order valence-corrected chi connectivity index (χ4v) is 5.07. The van der Waals surface area contributed by atoms with Gasteiger partial charge in [-0.15, -0.1) is 23.1 Å². The molecule has 1 aliphatic heterocycles. The van der Waals surface area contributed by atoms with Crippen molar-refractivity contribution in [3.8, 4) is 0 Å². The normalized spacial score (nSPS) is 21.4. The molecule has 0 aromatic carbocycles. The molecular weight excluding hydrogens is 238 g/mol. The Hall–Kier alpha value is -0.480. The van der Waals surface area contributed by atoms with E-state index in [1.54, 1.807) is 23.1 Å². The van der Waals surface area contributed by atoms with Crippen LogP contribution in [0.1, 0.15) is 52.4 Å². The Kier molecular flexibility index (Phi) is 2.72. The molecule has 0 saturated heterocycles. The average molecular weight is 253 g/mol. The summed E-state index contributed by atoms with van der Waals surface area (Å²) in [6.45, 7) is 0. The Bertz CT molecular complexity index is 432. The van der Waals surface area contributed by atoms with Crippen molar-refractivity contribution in [2.24, 2.45) is 0 Å². The molecule has 0 radical (unpaired) electrons. The van der Waals surface area contributed by atoms with E-state index in [0.717, 1.165) is 16.3 Å². The molecule has 1 saturated carbocycles. The number of carbonyl (C=O) groups is 1. The number of nitrogen functional groups attached to an aromatic ring is 1. The van der Waals surface area contributed by atoms with E-state index >= 15 is 0 Å². The van der Waals surface area contributed by atoms with Crippen molar-refractivity contribution in [2.75, 3.05) is 11.5 Å². The predicted octanol–water partition coefficient (Wildman–Crippen LogP) is 3.42. The number of carbonyl (C=O) groups excluding carboxylic acids is 1. The van der Waals surface area contributed by atoms with Crippen LogP contribution in [0.2, 0.25) is 0 Å². The van der Waals surface area contributed by atoms with Crippen LogP contribution >= 0.6 is 23.1 Å². The molecule has 2 heterocycles. The van der Waals surface area contributed by atoms with Crippen LogP contribution in [0.25, 0.3) is 0 Å². The van der Waals surface area contributed by atoms with Gasteiger partial charge in [0.2, 0.25) is 0 Å². The molecule has 2 nitrogen and oxygen atoms in total. The maximum absolute atomic E-state index is 12.0. The molecule has 1 fully saturated rings. The highest BCUT2D eigenvalue weighted by Gasteiger charge is 2.31. The number of anilines is 1. The highest BCUT2D eigenvalue weighted by molar-refractivity contribution is 7.99. The zero-order valence-corrected chi connectivity index (χ0v) is 10.8. The molecule has 0 bridgehead atoms. The van der Waals surface area contributed by atoms with Gasteiger partial charge in [-0.2, -0.15) is 0 Å². The second-order valence-electron chi connectivity index (χ2n) is 4.58. The molecule has 0 spiro atoms. The topological polar surface area (TPSA) is 43.1 Å². The van der Waals surface area contributed by atoms with Crippen molar-refractivity contribution in [1.82, 2.24) is 0 Å². The maximum Gasteiger partial charge on any atom is 0.174 e. The summed E-state index contributed by atoms with van der Waals surface area (Å²) in [5.74, 6) is 2.49. The summed E-state index contributed by atoms with van der Waals surface area (Å²) in [6, 6.07) is 0. The molecule has 1 aromatic rings. The van der Waals surface area contributed by atoms with Crippen molar-refractivity contribution in [3.05, 3.63) is 16.0 Å². The van der Waals surface area contributed by atoms with E-state index < -0.39 is 0 Å². The number of thiophene rings is 1.